The first kappa shape index (κ1) is 21.9. The van der Waals surface area contributed by atoms with Gasteiger partial charge in [-0.2, -0.15) is 0 Å². The van der Waals surface area contributed by atoms with Crippen LogP contribution >= 0.6 is 0 Å². The van der Waals surface area contributed by atoms with Crippen molar-refractivity contribution in [2.75, 3.05) is 21.2 Å². The zero-order valence-corrected chi connectivity index (χ0v) is 17.8. The van der Waals surface area contributed by atoms with E-state index in [2.05, 4.69) is 5.32 Å². The van der Waals surface area contributed by atoms with Gasteiger partial charge in [-0.05, 0) is 49.6 Å². The molecule has 0 saturated heterocycles. The Balaban J connectivity index is 2.08. The van der Waals surface area contributed by atoms with Gasteiger partial charge >= 0.3 is 0 Å². The number of rotatable bonds is 8. The highest BCUT2D eigenvalue weighted by Crippen LogP contribution is 2.25. The first-order valence-corrected chi connectivity index (χ1v) is 10.5. The number of sulfonamides is 1. The Morgan fingerprint density at radius 3 is 2.36 bits per heavy atom. The average molecular weight is 405 g/mol. The minimum atomic E-state index is -3.54. The highest BCUT2D eigenvalue weighted by Gasteiger charge is 2.19. The van der Waals surface area contributed by atoms with Gasteiger partial charge in [0.25, 0.3) is 0 Å². The van der Waals surface area contributed by atoms with Gasteiger partial charge in [0.2, 0.25) is 15.9 Å². The summed E-state index contributed by atoms with van der Waals surface area (Å²) >= 11 is 0. The first-order valence-electron chi connectivity index (χ1n) is 9.10. The molecule has 2 aromatic rings. The van der Waals surface area contributed by atoms with Crippen LogP contribution in [0.3, 0.4) is 0 Å². The molecule has 2 aromatic carbocycles. The lowest BCUT2D eigenvalue weighted by Gasteiger charge is -2.16. The normalized spacial score (nSPS) is 12.6. The average Bonchev–Trinajstić information content (AvgIpc) is 2.66. The minimum absolute atomic E-state index is 0.101. The van der Waals surface area contributed by atoms with E-state index in [4.69, 9.17) is 4.74 Å². The van der Waals surface area contributed by atoms with Crippen molar-refractivity contribution in [3.63, 3.8) is 0 Å². The number of nitrogens with zero attached hydrogens (tertiary/aromatic N) is 1. The van der Waals surface area contributed by atoms with E-state index in [0.29, 0.717) is 17.7 Å². The second kappa shape index (κ2) is 9.21. The van der Waals surface area contributed by atoms with Gasteiger partial charge in [0.05, 0.1) is 18.0 Å². The number of benzene rings is 2. The number of amides is 1. The lowest BCUT2D eigenvalue weighted by molar-refractivity contribution is -0.121. The van der Waals surface area contributed by atoms with Crippen molar-refractivity contribution in [2.45, 2.75) is 37.6 Å². The molecule has 6 nitrogen and oxygen atoms in total. The molecular weight excluding hydrogens is 376 g/mol. The topological polar surface area (TPSA) is 75.7 Å². The fourth-order valence-corrected chi connectivity index (χ4v) is 3.77. The summed E-state index contributed by atoms with van der Waals surface area (Å²) in [7, 11) is 0.953. The predicted octanol–water partition coefficient (Wildman–Crippen LogP) is 3.06. The van der Waals surface area contributed by atoms with Crippen molar-refractivity contribution < 1.29 is 17.9 Å². The number of ether oxygens (including phenoxy) is 1. The van der Waals surface area contributed by atoms with Gasteiger partial charge in [0.1, 0.15) is 5.75 Å². The van der Waals surface area contributed by atoms with Crippen molar-refractivity contribution in [3.05, 3.63) is 59.2 Å². The molecule has 0 aromatic heterocycles. The highest BCUT2D eigenvalue weighted by atomic mass is 32.2. The molecule has 0 radical (unpaired) electrons. The smallest absolute Gasteiger partial charge is 0.242 e. The molecule has 1 amide bonds. The van der Waals surface area contributed by atoms with Crippen LogP contribution in [0, 0.1) is 6.92 Å². The second-order valence-corrected chi connectivity index (χ2v) is 9.11. The van der Waals surface area contributed by atoms with Crippen LogP contribution in [-0.4, -0.2) is 39.8 Å². The summed E-state index contributed by atoms with van der Waals surface area (Å²) in [6, 6.07) is 12.6. The summed E-state index contributed by atoms with van der Waals surface area (Å²) in [5.41, 5.74) is 2.89. The number of aryl methyl sites for hydroxylation is 2. The minimum Gasteiger partial charge on any atom is -0.496 e. The maximum atomic E-state index is 12.4. The Bertz CT molecular complexity index is 922. The number of nitrogens with one attached hydrogen (secondary N) is 1. The monoisotopic (exact) mass is 404 g/mol. The van der Waals surface area contributed by atoms with E-state index >= 15 is 0 Å². The molecule has 1 atom stereocenters. The summed E-state index contributed by atoms with van der Waals surface area (Å²) in [6.45, 7) is 3.96. The quantitative estimate of drug-likeness (QED) is 0.734. The molecule has 0 fully saturated rings. The van der Waals surface area contributed by atoms with Gasteiger partial charge in [-0.25, -0.2) is 12.7 Å². The zero-order chi connectivity index (χ0) is 20.9. The van der Waals surface area contributed by atoms with Crippen molar-refractivity contribution in [1.82, 2.24) is 9.62 Å². The van der Waals surface area contributed by atoms with Crippen LogP contribution in [0.1, 0.15) is 36.1 Å². The number of hydrogen-bond donors (Lipinski definition) is 1. The van der Waals surface area contributed by atoms with Crippen LogP contribution in [-0.2, 0) is 21.2 Å². The van der Waals surface area contributed by atoms with E-state index in [9.17, 15) is 13.2 Å². The first-order chi connectivity index (χ1) is 13.1. The molecule has 0 aliphatic rings. The molecular formula is C21H28N2O4S. The summed E-state index contributed by atoms with van der Waals surface area (Å²) in [6.07, 6.45) is 0.616. The molecule has 0 spiro atoms. The summed E-state index contributed by atoms with van der Waals surface area (Å²) < 4.78 is 31.2. The Labute approximate surface area is 167 Å². The van der Waals surface area contributed by atoms with E-state index in [-0.39, 0.29) is 23.3 Å². The number of methoxy groups -OCH3 is 1. The molecule has 1 N–H and O–H groups in total. The van der Waals surface area contributed by atoms with Crippen LogP contribution in [0.25, 0.3) is 0 Å². The van der Waals surface area contributed by atoms with Crippen molar-refractivity contribution >= 4 is 15.9 Å². The third kappa shape index (κ3) is 5.33. The Hall–Kier alpha value is -2.38. The van der Waals surface area contributed by atoms with Crippen LogP contribution in [0.4, 0.5) is 0 Å². The van der Waals surface area contributed by atoms with Crippen molar-refractivity contribution in [3.8, 4) is 5.75 Å². The van der Waals surface area contributed by atoms with E-state index in [0.717, 1.165) is 9.87 Å². The van der Waals surface area contributed by atoms with Gasteiger partial charge in [-0.3, -0.25) is 4.79 Å². The van der Waals surface area contributed by atoms with E-state index in [1.165, 1.54) is 32.8 Å². The van der Waals surface area contributed by atoms with Gasteiger partial charge < -0.3 is 10.1 Å². The van der Waals surface area contributed by atoms with Crippen LogP contribution in [0.15, 0.2) is 47.4 Å². The molecule has 28 heavy (non-hydrogen) atoms. The van der Waals surface area contributed by atoms with Crippen LogP contribution in [0.2, 0.25) is 0 Å². The summed E-state index contributed by atoms with van der Waals surface area (Å²) in [5, 5.41) is 2.98. The molecule has 0 unspecified atom stereocenters. The molecule has 0 aliphatic heterocycles. The van der Waals surface area contributed by atoms with Gasteiger partial charge in [0, 0.05) is 20.5 Å². The van der Waals surface area contributed by atoms with Crippen molar-refractivity contribution in [2.24, 2.45) is 0 Å². The molecule has 152 valence electrons. The van der Waals surface area contributed by atoms with Gasteiger partial charge in [0.15, 0.2) is 0 Å². The molecule has 0 heterocycles. The van der Waals surface area contributed by atoms with Gasteiger partial charge in [-0.15, -0.1) is 0 Å². The molecule has 2 rings (SSSR count). The zero-order valence-electron chi connectivity index (χ0n) is 17.0. The van der Waals surface area contributed by atoms with E-state index in [1.54, 1.807) is 12.1 Å². The maximum absolute atomic E-state index is 12.4. The third-order valence-corrected chi connectivity index (χ3v) is 6.42. The number of carbonyl (C=O) groups is 1. The third-order valence-electron chi connectivity index (χ3n) is 4.61. The fourth-order valence-electron chi connectivity index (χ4n) is 2.82. The fraction of sp³-hybridized carbons (Fsp3) is 0.381. The Morgan fingerprint density at radius 1 is 1.14 bits per heavy atom. The molecule has 7 heteroatoms. The predicted molar refractivity (Wildman–Crippen MR) is 110 cm³/mol. The number of hydrogen-bond acceptors (Lipinski definition) is 4. The summed E-state index contributed by atoms with van der Waals surface area (Å²) in [4.78, 5) is 12.6. The Morgan fingerprint density at radius 2 is 1.79 bits per heavy atom. The standard InChI is InChI=1S/C21H28N2O4S/c1-15-6-8-17(9-7-15)16(2)22-21(24)13-10-18-14-19(11-12-20(18)27-5)28(25,26)23(3)4/h6-9,11-12,14,16H,10,13H2,1-5H3,(H,22,24)/t16-/m0/s1. The van der Waals surface area contributed by atoms with Gasteiger partial charge in [-0.1, -0.05) is 29.8 Å². The van der Waals surface area contributed by atoms with Crippen LogP contribution in [0.5, 0.6) is 5.75 Å². The maximum Gasteiger partial charge on any atom is 0.242 e. The molecule has 0 saturated carbocycles. The Kier molecular flexibility index (Phi) is 7.21. The summed E-state index contributed by atoms with van der Waals surface area (Å²) in [5.74, 6) is 0.466. The molecule has 0 bridgehead atoms. The van der Waals surface area contributed by atoms with E-state index in [1.807, 2.05) is 38.1 Å². The second-order valence-electron chi connectivity index (χ2n) is 6.96. The van der Waals surface area contributed by atoms with Crippen molar-refractivity contribution in [1.29, 1.82) is 0 Å². The largest absolute Gasteiger partial charge is 0.496 e. The SMILES string of the molecule is COc1ccc(S(=O)(=O)N(C)C)cc1CCC(=O)N[C@@H](C)c1ccc(C)cc1. The lowest BCUT2D eigenvalue weighted by Crippen LogP contribution is -2.27. The highest BCUT2D eigenvalue weighted by molar-refractivity contribution is 7.89. The lowest BCUT2D eigenvalue weighted by atomic mass is 10.1. The molecule has 0 aliphatic carbocycles. The van der Waals surface area contributed by atoms with Crippen LogP contribution < -0.4 is 10.1 Å². The van der Waals surface area contributed by atoms with E-state index < -0.39 is 10.0 Å². The number of carbonyl (C=O) groups excluding carboxylic acids is 1.